The van der Waals surface area contributed by atoms with Crippen LogP contribution in [0.25, 0.3) is 6.08 Å². The van der Waals surface area contributed by atoms with Crippen LogP contribution in [0.15, 0.2) is 24.3 Å². The zero-order valence-corrected chi connectivity index (χ0v) is 10.5. The number of ether oxygens (including phenoxy) is 1. The molecule has 0 bridgehead atoms. The summed E-state index contributed by atoms with van der Waals surface area (Å²) in [7, 11) is 1.49. The van der Waals surface area contributed by atoms with Gasteiger partial charge in [-0.25, -0.2) is 4.39 Å². The first kappa shape index (κ1) is 12.8. The minimum Gasteiger partial charge on any atom is -0.497 e. The SMILES string of the molecule is COc1ccc(C=CC(=O)C2CCCC2)c(F)c1. The number of benzene rings is 1. The van der Waals surface area contributed by atoms with E-state index in [0.717, 1.165) is 25.7 Å². The fourth-order valence-electron chi connectivity index (χ4n) is 2.29. The van der Waals surface area contributed by atoms with E-state index in [-0.39, 0.29) is 17.5 Å². The van der Waals surface area contributed by atoms with Gasteiger partial charge in [0, 0.05) is 17.5 Å². The van der Waals surface area contributed by atoms with Crippen molar-refractivity contribution in [2.45, 2.75) is 25.7 Å². The van der Waals surface area contributed by atoms with E-state index >= 15 is 0 Å². The minimum absolute atomic E-state index is 0.114. The Morgan fingerprint density at radius 1 is 1.39 bits per heavy atom. The van der Waals surface area contributed by atoms with E-state index in [0.29, 0.717) is 11.3 Å². The van der Waals surface area contributed by atoms with Crippen LogP contribution in [0, 0.1) is 11.7 Å². The Morgan fingerprint density at radius 2 is 2.11 bits per heavy atom. The quantitative estimate of drug-likeness (QED) is 0.761. The Morgan fingerprint density at radius 3 is 2.72 bits per heavy atom. The number of halogens is 1. The summed E-state index contributed by atoms with van der Waals surface area (Å²) < 4.78 is 18.5. The Balaban J connectivity index is 2.06. The van der Waals surface area contributed by atoms with E-state index in [1.165, 1.54) is 19.3 Å². The first-order valence-electron chi connectivity index (χ1n) is 6.26. The summed E-state index contributed by atoms with van der Waals surface area (Å²) in [5, 5.41) is 0. The molecule has 96 valence electrons. The molecule has 1 fully saturated rings. The molecular weight excluding hydrogens is 231 g/mol. The van der Waals surface area contributed by atoms with Crippen molar-refractivity contribution in [3.63, 3.8) is 0 Å². The van der Waals surface area contributed by atoms with Crippen LogP contribution in [0.2, 0.25) is 0 Å². The third-order valence-electron chi connectivity index (χ3n) is 3.39. The zero-order valence-electron chi connectivity index (χ0n) is 10.5. The lowest BCUT2D eigenvalue weighted by molar-refractivity contribution is -0.117. The van der Waals surface area contributed by atoms with Gasteiger partial charge < -0.3 is 4.74 Å². The number of allylic oxidation sites excluding steroid dienone is 1. The minimum atomic E-state index is -0.371. The number of hydrogen-bond donors (Lipinski definition) is 0. The van der Waals surface area contributed by atoms with E-state index in [4.69, 9.17) is 4.74 Å². The van der Waals surface area contributed by atoms with Crippen LogP contribution in [-0.2, 0) is 4.79 Å². The topological polar surface area (TPSA) is 26.3 Å². The first-order valence-corrected chi connectivity index (χ1v) is 6.26. The number of rotatable bonds is 4. The predicted octanol–water partition coefficient (Wildman–Crippen LogP) is 3.61. The third-order valence-corrected chi connectivity index (χ3v) is 3.39. The molecule has 0 radical (unpaired) electrons. The maximum absolute atomic E-state index is 13.6. The highest BCUT2D eigenvalue weighted by Gasteiger charge is 2.20. The molecule has 1 aromatic rings. The van der Waals surface area contributed by atoms with Gasteiger partial charge in [-0.3, -0.25) is 4.79 Å². The van der Waals surface area contributed by atoms with Gasteiger partial charge in [-0.15, -0.1) is 0 Å². The highest BCUT2D eigenvalue weighted by Crippen LogP contribution is 2.26. The van der Waals surface area contributed by atoms with Crippen LogP contribution in [0.3, 0.4) is 0 Å². The van der Waals surface area contributed by atoms with Gasteiger partial charge in [-0.05, 0) is 37.1 Å². The predicted molar refractivity (Wildman–Crippen MR) is 69.0 cm³/mol. The lowest BCUT2D eigenvalue weighted by atomic mass is 10.0. The second-order valence-corrected chi connectivity index (χ2v) is 4.60. The molecule has 1 saturated carbocycles. The molecule has 1 aliphatic rings. The van der Waals surface area contributed by atoms with Crippen molar-refractivity contribution in [1.29, 1.82) is 0 Å². The molecule has 0 atom stereocenters. The molecule has 3 heteroatoms. The summed E-state index contributed by atoms with van der Waals surface area (Å²) in [6, 6.07) is 4.62. The number of carbonyl (C=O) groups excluding carboxylic acids is 1. The van der Waals surface area contributed by atoms with Crippen molar-refractivity contribution in [2.24, 2.45) is 5.92 Å². The van der Waals surface area contributed by atoms with Crippen molar-refractivity contribution in [3.05, 3.63) is 35.7 Å². The lowest BCUT2D eigenvalue weighted by Crippen LogP contribution is -2.06. The smallest absolute Gasteiger partial charge is 0.158 e. The van der Waals surface area contributed by atoms with Gasteiger partial charge in [0.25, 0.3) is 0 Å². The zero-order chi connectivity index (χ0) is 13.0. The molecule has 1 aromatic carbocycles. The fourth-order valence-corrected chi connectivity index (χ4v) is 2.29. The van der Waals surface area contributed by atoms with Crippen molar-refractivity contribution in [2.75, 3.05) is 7.11 Å². The van der Waals surface area contributed by atoms with Gasteiger partial charge >= 0.3 is 0 Å². The van der Waals surface area contributed by atoms with E-state index in [2.05, 4.69) is 0 Å². The molecule has 2 rings (SSSR count). The molecule has 0 spiro atoms. The second-order valence-electron chi connectivity index (χ2n) is 4.60. The third kappa shape index (κ3) is 2.97. The lowest BCUT2D eigenvalue weighted by Gasteiger charge is -2.04. The molecule has 1 aliphatic carbocycles. The molecule has 18 heavy (non-hydrogen) atoms. The van der Waals surface area contributed by atoms with E-state index in [1.807, 2.05) is 0 Å². The maximum Gasteiger partial charge on any atom is 0.158 e. The normalized spacial score (nSPS) is 16.3. The van der Waals surface area contributed by atoms with Crippen LogP contribution < -0.4 is 4.74 Å². The van der Waals surface area contributed by atoms with Crippen LogP contribution in [0.4, 0.5) is 4.39 Å². The first-order chi connectivity index (χ1) is 8.70. The standard InChI is InChI=1S/C15H17FO2/c1-18-13-8-6-11(14(16)10-13)7-9-15(17)12-4-2-3-5-12/h6-10,12H,2-5H2,1H3. The summed E-state index contributed by atoms with van der Waals surface area (Å²) in [6.45, 7) is 0. The Hall–Kier alpha value is -1.64. The second kappa shape index (κ2) is 5.80. The van der Waals surface area contributed by atoms with E-state index in [9.17, 15) is 9.18 Å². The molecule has 0 aliphatic heterocycles. The fraction of sp³-hybridized carbons (Fsp3) is 0.400. The highest BCUT2D eigenvalue weighted by atomic mass is 19.1. The molecular formula is C15H17FO2. The van der Waals surface area contributed by atoms with Gasteiger partial charge in [0.15, 0.2) is 5.78 Å². The summed E-state index contributed by atoms with van der Waals surface area (Å²) in [5.74, 6) is 0.363. The molecule has 2 nitrogen and oxygen atoms in total. The van der Waals surface area contributed by atoms with Crippen LogP contribution in [-0.4, -0.2) is 12.9 Å². The Labute approximate surface area is 106 Å². The summed E-state index contributed by atoms with van der Waals surface area (Å²) >= 11 is 0. The highest BCUT2D eigenvalue weighted by molar-refractivity contribution is 5.95. The maximum atomic E-state index is 13.6. The summed E-state index contributed by atoms with van der Waals surface area (Å²) in [4.78, 5) is 11.8. The molecule has 0 saturated heterocycles. The monoisotopic (exact) mass is 248 g/mol. The van der Waals surface area contributed by atoms with Gasteiger partial charge in [-0.2, -0.15) is 0 Å². The van der Waals surface area contributed by atoms with E-state index < -0.39 is 0 Å². The van der Waals surface area contributed by atoms with Gasteiger partial charge in [0.05, 0.1) is 7.11 Å². The van der Waals surface area contributed by atoms with Crippen LogP contribution >= 0.6 is 0 Å². The van der Waals surface area contributed by atoms with Crippen molar-refractivity contribution in [3.8, 4) is 5.75 Å². The van der Waals surface area contributed by atoms with Crippen molar-refractivity contribution < 1.29 is 13.9 Å². The Bertz CT molecular complexity index is 460. The Kier molecular flexibility index (Phi) is 4.13. The van der Waals surface area contributed by atoms with Crippen LogP contribution in [0.1, 0.15) is 31.2 Å². The van der Waals surface area contributed by atoms with Crippen molar-refractivity contribution in [1.82, 2.24) is 0 Å². The molecule has 0 heterocycles. The van der Waals surface area contributed by atoms with Crippen LogP contribution in [0.5, 0.6) is 5.75 Å². The van der Waals surface area contributed by atoms with E-state index in [1.54, 1.807) is 18.2 Å². The average Bonchev–Trinajstić information content (AvgIpc) is 2.90. The van der Waals surface area contributed by atoms with Gasteiger partial charge in [0.2, 0.25) is 0 Å². The molecule has 0 N–H and O–H groups in total. The summed E-state index contributed by atoms with van der Waals surface area (Å²) in [5.41, 5.74) is 0.419. The molecule has 0 aromatic heterocycles. The molecule has 0 amide bonds. The van der Waals surface area contributed by atoms with Gasteiger partial charge in [0.1, 0.15) is 11.6 Å². The largest absolute Gasteiger partial charge is 0.497 e. The average molecular weight is 248 g/mol. The molecule has 0 unspecified atom stereocenters. The number of hydrogen-bond acceptors (Lipinski definition) is 2. The number of methoxy groups -OCH3 is 1. The van der Waals surface area contributed by atoms with Gasteiger partial charge in [-0.1, -0.05) is 12.8 Å². The summed E-state index contributed by atoms with van der Waals surface area (Å²) in [6.07, 6.45) is 7.24. The van der Waals surface area contributed by atoms with Crippen molar-refractivity contribution >= 4 is 11.9 Å². The number of carbonyl (C=O) groups is 1. The number of ketones is 1.